The van der Waals surface area contributed by atoms with E-state index in [2.05, 4.69) is 15.4 Å². The molecule has 0 saturated carbocycles. The SMILES string of the molecule is Cc1ccc(-c2cc(C(F)(F)F)n3nc(C(=O)NC[C@@H]4CCCO4)c(Cl)c3n2)cc1. The zero-order valence-electron chi connectivity index (χ0n) is 16.0. The van der Waals surface area contributed by atoms with Crippen LogP contribution in [0.3, 0.4) is 0 Å². The van der Waals surface area contributed by atoms with Crippen LogP contribution in [0, 0.1) is 6.92 Å². The number of hydrogen-bond acceptors (Lipinski definition) is 4. The van der Waals surface area contributed by atoms with Crippen LogP contribution in [0.4, 0.5) is 13.2 Å². The predicted molar refractivity (Wildman–Crippen MR) is 104 cm³/mol. The minimum Gasteiger partial charge on any atom is -0.376 e. The summed E-state index contributed by atoms with van der Waals surface area (Å²) < 4.78 is 47.2. The van der Waals surface area contributed by atoms with Crippen LogP contribution in [-0.4, -0.2) is 39.8 Å². The van der Waals surface area contributed by atoms with E-state index >= 15 is 0 Å². The first kappa shape index (κ1) is 20.6. The van der Waals surface area contributed by atoms with Crippen molar-refractivity contribution in [3.8, 4) is 11.3 Å². The molecule has 2 aromatic heterocycles. The molecule has 4 rings (SSSR count). The third-order valence-corrected chi connectivity index (χ3v) is 5.25. The van der Waals surface area contributed by atoms with Gasteiger partial charge in [0.25, 0.3) is 5.91 Å². The monoisotopic (exact) mass is 438 g/mol. The highest BCUT2D eigenvalue weighted by atomic mass is 35.5. The third-order valence-electron chi connectivity index (χ3n) is 4.90. The number of hydrogen-bond donors (Lipinski definition) is 1. The molecule has 10 heteroatoms. The second kappa shape index (κ2) is 7.88. The summed E-state index contributed by atoms with van der Waals surface area (Å²) in [6.45, 7) is 2.73. The minimum absolute atomic E-state index is 0.0861. The van der Waals surface area contributed by atoms with Crippen LogP contribution in [0.25, 0.3) is 16.9 Å². The van der Waals surface area contributed by atoms with E-state index in [0.717, 1.165) is 24.5 Å². The fourth-order valence-electron chi connectivity index (χ4n) is 3.31. The average Bonchev–Trinajstić information content (AvgIpc) is 3.33. The number of ether oxygens (including phenoxy) is 1. The number of aryl methyl sites for hydroxylation is 1. The molecule has 3 heterocycles. The summed E-state index contributed by atoms with van der Waals surface area (Å²) in [7, 11) is 0. The van der Waals surface area contributed by atoms with Crippen LogP contribution in [0.5, 0.6) is 0 Å². The molecule has 6 nitrogen and oxygen atoms in total. The molecule has 158 valence electrons. The minimum atomic E-state index is -4.72. The number of rotatable bonds is 4. The molecule has 1 saturated heterocycles. The molecule has 0 aliphatic carbocycles. The number of alkyl halides is 3. The fourth-order valence-corrected chi connectivity index (χ4v) is 3.55. The molecule has 0 unspecified atom stereocenters. The molecule has 1 aromatic carbocycles. The highest BCUT2D eigenvalue weighted by Crippen LogP contribution is 2.34. The van der Waals surface area contributed by atoms with Gasteiger partial charge in [-0.25, -0.2) is 9.50 Å². The van der Waals surface area contributed by atoms with Gasteiger partial charge in [0.15, 0.2) is 17.0 Å². The van der Waals surface area contributed by atoms with Crippen molar-refractivity contribution in [2.75, 3.05) is 13.2 Å². The first-order valence-corrected chi connectivity index (χ1v) is 9.75. The summed E-state index contributed by atoms with van der Waals surface area (Å²) in [4.78, 5) is 16.8. The summed E-state index contributed by atoms with van der Waals surface area (Å²) in [6, 6.07) is 7.80. The molecule has 0 spiro atoms. The van der Waals surface area contributed by atoms with Gasteiger partial charge in [0.1, 0.15) is 5.02 Å². The van der Waals surface area contributed by atoms with E-state index in [0.29, 0.717) is 16.7 Å². The Balaban J connectivity index is 1.76. The van der Waals surface area contributed by atoms with Crippen molar-refractivity contribution in [3.05, 3.63) is 52.3 Å². The molecule has 3 aromatic rings. The van der Waals surface area contributed by atoms with Crippen molar-refractivity contribution in [1.29, 1.82) is 0 Å². The Morgan fingerprint density at radius 1 is 1.33 bits per heavy atom. The van der Waals surface area contributed by atoms with Crippen molar-refractivity contribution >= 4 is 23.2 Å². The van der Waals surface area contributed by atoms with Crippen molar-refractivity contribution in [2.45, 2.75) is 32.0 Å². The zero-order valence-corrected chi connectivity index (χ0v) is 16.7. The number of aromatic nitrogens is 3. The first-order chi connectivity index (χ1) is 14.2. The summed E-state index contributed by atoms with van der Waals surface area (Å²) >= 11 is 6.25. The summed E-state index contributed by atoms with van der Waals surface area (Å²) in [6.07, 6.45) is -3.14. The molecule has 0 bridgehead atoms. The lowest BCUT2D eigenvalue weighted by molar-refractivity contribution is -0.142. The van der Waals surface area contributed by atoms with E-state index < -0.39 is 17.8 Å². The van der Waals surface area contributed by atoms with Crippen LogP contribution in [0.2, 0.25) is 5.02 Å². The lowest BCUT2D eigenvalue weighted by atomic mass is 10.1. The fraction of sp³-hybridized carbons (Fsp3) is 0.350. The summed E-state index contributed by atoms with van der Waals surface area (Å²) in [5.74, 6) is -0.675. The van der Waals surface area contributed by atoms with E-state index in [4.69, 9.17) is 16.3 Å². The topological polar surface area (TPSA) is 68.5 Å². The van der Waals surface area contributed by atoms with Gasteiger partial charge in [-0.05, 0) is 25.8 Å². The average molecular weight is 439 g/mol. The van der Waals surface area contributed by atoms with E-state index in [1.54, 1.807) is 24.3 Å². The van der Waals surface area contributed by atoms with Crippen LogP contribution in [0.1, 0.15) is 34.6 Å². The van der Waals surface area contributed by atoms with Gasteiger partial charge in [0.05, 0.1) is 11.8 Å². The van der Waals surface area contributed by atoms with Crippen LogP contribution < -0.4 is 5.32 Å². The standard InChI is InChI=1S/C20H18ClF3N4O2/c1-11-4-6-12(7-5-11)14-9-15(20(22,23)24)28-18(26-14)16(21)17(27-28)19(29)25-10-13-3-2-8-30-13/h4-7,9,13H,2-3,8,10H2,1H3,(H,25,29)/t13-/m0/s1. The number of halogens is 4. The zero-order chi connectivity index (χ0) is 21.5. The highest BCUT2D eigenvalue weighted by molar-refractivity contribution is 6.36. The molecule has 1 fully saturated rings. The molecule has 1 aliphatic heterocycles. The van der Waals surface area contributed by atoms with Crippen molar-refractivity contribution in [2.24, 2.45) is 0 Å². The van der Waals surface area contributed by atoms with Crippen LogP contribution in [-0.2, 0) is 10.9 Å². The van der Waals surface area contributed by atoms with Gasteiger partial charge in [-0.2, -0.15) is 18.3 Å². The Hall–Kier alpha value is -2.65. The van der Waals surface area contributed by atoms with Crippen molar-refractivity contribution < 1.29 is 22.7 Å². The van der Waals surface area contributed by atoms with Crippen LogP contribution in [0.15, 0.2) is 30.3 Å². The predicted octanol–water partition coefficient (Wildman–Crippen LogP) is 4.29. The number of fused-ring (bicyclic) bond motifs is 1. The van der Waals surface area contributed by atoms with Crippen molar-refractivity contribution in [3.63, 3.8) is 0 Å². The Morgan fingerprint density at radius 3 is 2.70 bits per heavy atom. The molecular weight excluding hydrogens is 421 g/mol. The number of nitrogens with one attached hydrogen (secondary N) is 1. The normalized spacial score (nSPS) is 16.9. The van der Waals surface area contributed by atoms with Gasteiger partial charge in [-0.1, -0.05) is 41.4 Å². The molecule has 1 aliphatic rings. The smallest absolute Gasteiger partial charge is 0.376 e. The number of nitrogens with zero attached hydrogens (tertiary/aromatic N) is 3. The summed E-state index contributed by atoms with van der Waals surface area (Å²) in [5.41, 5.74) is -0.0668. The number of amides is 1. The lowest BCUT2D eigenvalue weighted by Gasteiger charge is -2.11. The van der Waals surface area contributed by atoms with Crippen molar-refractivity contribution in [1.82, 2.24) is 19.9 Å². The van der Waals surface area contributed by atoms with E-state index in [9.17, 15) is 18.0 Å². The Bertz CT molecular complexity index is 1090. The van der Waals surface area contributed by atoms with Gasteiger partial charge in [-0.15, -0.1) is 0 Å². The largest absolute Gasteiger partial charge is 0.433 e. The van der Waals surface area contributed by atoms with Gasteiger partial charge < -0.3 is 10.1 Å². The van der Waals surface area contributed by atoms with Gasteiger partial charge in [-0.3, -0.25) is 4.79 Å². The molecule has 1 N–H and O–H groups in total. The quantitative estimate of drug-likeness (QED) is 0.660. The second-order valence-electron chi connectivity index (χ2n) is 7.13. The molecule has 1 amide bonds. The molecule has 0 radical (unpaired) electrons. The maximum atomic E-state index is 13.7. The van der Waals surface area contributed by atoms with E-state index in [-0.39, 0.29) is 34.7 Å². The highest BCUT2D eigenvalue weighted by Gasteiger charge is 2.36. The maximum Gasteiger partial charge on any atom is 0.433 e. The second-order valence-corrected chi connectivity index (χ2v) is 7.51. The van der Waals surface area contributed by atoms with E-state index in [1.807, 2.05) is 6.92 Å². The van der Waals surface area contributed by atoms with E-state index in [1.165, 1.54) is 0 Å². The van der Waals surface area contributed by atoms with Gasteiger partial charge >= 0.3 is 6.18 Å². The summed E-state index contributed by atoms with van der Waals surface area (Å²) in [5, 5.41) is 6.21. The lowest BCUT2D eigenvalue weighted by Crippen LogP contribution is -2.32. The molecule has 30 heavy (non-hydrogen) atoms. The Kier molecular flexibility index (Phi) is 5.42. The number of carbonyl (C=O) groups is 1. The Labute approximate surface area is 175 Å². The Morgan fingerprint density at radius 2 is 2.07 bits per heavy atom. The van der Waals surface area contributed by atoms with Gasteiger partial charge in [0.2, 0.25) is 0 Å². The van der Waals surface area contributed by atoms with Gasteiger partial charge in [0, 0.05) is 18.7 Å². The number of benzene rings is 1. The maximum absolute atomic E-state index is 13.7. The molecular formula is C20H18ClF3N4O2. The third kappa shape index (κ3) is 3.99. The first-order valence-electron chi connectivity index (χ1n) is 9.37. The van der Waals surface area contributed by atoms with Crippen LogP contribution >= 0.6 is 11.6 Å². The molecule has 1 atom stereocenters. The number of carbonyl (C=O) groups excluding carboxylic acids is 1.